The molecule has 1 aliphatic carbocycles. The fraction of sp³-hybridized carbons (Fsp3) is 0.857. The van der Waals surface area contributed by atoms with Crippen molar-refractivity contribution in [1.82, 2.24) is 4.90 Å². The molecule has 0 radical (unpaired) electrons. The minimum atomic E-state index is -0.524. The van der Waals surface area contributed by atoms with Gasteiger partial charge in [0.2, 0.25) is 5.91 Å². The molecule has 0 aromatic carbocycles. The number of nitrogens with two attached hydrogens (primary N) is 1. The van der Waals surface area contributed by atoms with Gasteiger partial charge in [0.15, 0.2) is 0 Å². The minimum absolute atomic E-state index is 0.188. The molecule has 1 heterocycles. The number of carbonyl (C=O) groups is 1. The predicted molar refractivity (Wildman–Crippen MR) is 77.2 cm³/mol. The summed E-state index contributed by atoms with van der Waals surface area (Å²) in [5, 5.41) is 0. The second-order valence-corrected chi connectivity index (χ2v) is 6.88. The van der Waals surface area contributed by atoms with E-state index in [4.69, 9.17) is 18.0 Å². The predicted octanol–water partition coefficient (Wildman–Crippen LogP) is 2.34. The van der Waals surface area contributed by atoms with Gasteiger partial charge in [0.1, 0.15) is 0 Å². The van der Waals surface area contributed by atoms with Crippen LogP contribution in [-0.2, 0) is 4.79 Å². The van der Waals surface area contributed by atoms with Gasteiger partial charge in [0.05, 0.1) is 10.4 Å². The monoisotopic (exact) mass is 268 g/mol. The van der Waals surface area contributed by atoms with Crippen LogP contribution in [0, 0.1) is 17.3 Å². The number of rotatable bonds is 2. The maximum atomic E-state index is 12.8. The Labute approximate surface area is 115 Å². The van der Waals surface area contributed by atoms with Gasteiger partial charge in [-0.3, -0.25) is 4.79 Å². The normalized spacial score (nSPS) is 40.2. The van der Waals surface area contributed by atoms with Gasteiger partial charge >= 0.3 is 0 Å². The first-order valence-corrected chi connectivity index (χ1v) is 7.38. The van der Waals surface area contributed by atoms with Crippen molar-refractivity contribution in [1.29, 1.82) is 0 Å². The van der Waals surface area contributed by atoms with Crippen molar-refractivity contribution in [3.8, 4) is 0 Å². The van der Waals surface area contributed by atoms with E-state index in [0.29, 0.717) is 22.9 Å². The molecule has 4 heteroatoms. The van der Waals surface area contributed by atoms with Crippen LogP contribution in [0.2, 0.25) is 0 Å². The van der Waals surface area contributed by atoms with Crippen LogP contribution in [0.25, 0.3) is 0 Å². The maximum Gasteiger partial charge on any atom is 0.235 e. The summed E-state index contributed by atoms with van der Waals surface area (Å²) in [6.07, 6.45) is 3.85. The zero-order chi connectivity index (χ0) is 13.5. The molecule has 1 saturated carbocycles. The fourth-order valence-corrected chi connectivity index (χ4v) is 3.85. The highest BCUT2D eigenvalue weighted by Crippen LogP contribution is 2.47. The molecule has 0 bridgehead atoms. The van der Waals surface area contributed by atoms with Crippen molar-refractivity contribution in [2.45, 2.75) is 52.5 Å². The molecule has 1 saturated heterocycles. The zero-order valence-corrected chi connectivity index (χ0v) is 12.4. The van der Waals surface area contributed by atoms with Crippen LogP contribution < -0.4 is 5.73 Å². The second-order valence-electron chi connectivity index (χ2n) is 6.44. The van der Waals surface area contributed by atoms with E-state index in [2.05, 4.69) is 20.8 Å². The van der Waals surface area contributed by atoms with E-state index in [9.17, 15) is 4.79 Å². The van der Waals surface area contributed by atoms with Crippen LogP contribution in [0.1, 0.15) is 46.5 Å². The lowest BCUT2D eigenvalue weighted by Crippen LogP contribution is -2.59. The topological polar surface area (TPSA) is 46.3 Å². The Morgan fingerprint density at radius 1 is 1.28 bits per heavy atom. The number of piperidine rings is 1. The number of hydrogen-bond donors (Lipinski definition) is 1. The molecule has 0 spiro atoms. The molecular formula is C14H24N2OS. The van der Waals surface area contributed by atoms with Crippen molar-refractivity contribution in [3.63, 3.8) is 0 Å². The summed E-state index contributed by atoms with van der Waals surface area (Å²) in [6, 6.07) is 0.323. The van der Waals surface area contributed by atoms with E-state index in [1.165, 1.54) is 0 Å². The first-order valence-electron chi connectivity index (χ1n) is 6.98. The Kier molecular flexibility index (Phi) is 3.67. The highest BCUT2D eigenvalue weighted by molar-refractivity contribution is 7.80. The van der Waals surface area contributed by atoms with E-state index in [0.717, 1.165) is 32.2 Å². The Morgan fingerprint density at radius 3 is 2.33 bits per heavy atom. The largest absolute Gasteiger partial charge is 0.392 e. The standard InChI is InChI=1S/C14H24N2OS/c1-9-4-5-16(11(3)6-9)13(17)14(12(15)18)7-10(2)8-14/h9-11H,4-8H2,1-3H3,(H2,15,18). The molecular weight excluding hydrogens is 244 g/mol. The lowest BCUT2D eigenvalue weighted by molar-refractivity contribution is -0.148. The summed E-state index contributed by atoms with van der Waals surface area (Å²) in [4.78, 5) is 15.2. The Balaban J connectivity index is 2.13. The Hall–Kier alpha value is -0.640. The summed E-state index contributed by atoms with van der Waals surface area (Å²) in [7, 11) is 0. The van der Waals surface area contributed by atoms with Crippen LogP contribution >= 0.6 is 12.2 Å². The number of amides is 1. The van der Waals surface area contributed by atoms with Crippen LogP contribution in [0.15, 0.2) is 0 Å². The molecule has 2 fully saturated rings. The van der Waals surface area contributed by atoms with Crippen molar-refractivity contribution in [3.05, 3.63) is 0 Å². The average molecular weight is 268 g/mol. The summed E-state index contributed by atoms with van der Waals surface area (Å²) in [5.74, 6) is 1.46. The number of hydrogen-bond acceptors (Lipinski definition) is 2. The van der Waals surface area contributed by atoms with E-state index >= 15 is 0 Å². The highest BCUT2D eigenvalue weighted by atomic mass is 32.1. The van der Waals surface area contributed by atoms with Gasteiger partial charge in [0, 0.05) is 12.6 Å². The van der Waals surface area contributed by atoms with Crippen molar-refractivity contribution >= 4 is 23.1 Å². The van der Waals surface area contributed by atoms with Gasteiger partial charge in [-0.05, 0) is 44.4 Å². The summed E-state index contributed by atoms with van der Waals surface area (Å²) in [5.41, 5.74) is 5.33. The number of nitrogens with zero attached hydrogens (tertiary/aromatic N) is 1. The maximum absolute atomic E-state index is 12.8. The molecule has 3 nitrogen and oxygen atoms in total. The molecule has 0 aromatic heterocycles. The second kappa shape index (κ2) is 4.80. The summed E-state index contributed by atoms with van der Waals surface area (Å²) < 4.78 is 0. The van der Waals surface area contributed by atoms with Gasteiger partial charge in [-0.15, -0.1) is 0 Å². The Bertz CT molecular complexity index is 363. The Morgan fingerprint density at radius 2 is 1.89 bits per heavy atom. The first-order chi connectivity index (χ1) is 8.36. The lowest BCUT2D eigenvalue weighted by atomic mass is 9.61. The van der Waals surface area contributed by atoms with Crippen LogP contribution in [0.3, 0.4) is 0 Å². The molecule has 2 rings (SSSR count). The quantitative estimate of drug-likeness (QED) is 0.782. The number of thiocarbonyl (C=S) groups is 1. The molecule has 102 valence electrons. The first kappa shape index (κ1) is 13.8. The molecule has 1 aliphatic heterocycles. The van der Waals surface area contributed by atoms with Crippen LogP contribution in [-0.4, -0.2) is 28.4 Å². The van der Waals surface area contributed by atoms with Gasteiger partial charge in [-0.2, -0.15) is 0 Å². The van der Waals surface area contributed by atoms with Crippen molar-refractivity contribution in [2.75, 3.05) is 6.54 Å². The van der Waals surface area contributed by atoms with E-state index in [1.807, 2.05) is 4.90 Å². The molecule has 18 heavy (non-hydrogen) atoms. The fourth-order valence-electron chi connectivity index (χ4n) is 3.60. The van der Waals surface area contributed by atoms with Gasteiger partial charge in [-0.1, -0.05) is 26.1 Å². The molecule has 2 aliphatic rings. The number of carbonyl (C=O) groups excluding carboxylic acids is 1. The molecule has 0 aromatic rings. The third-order valence-electron chi connectivity index (χ3n) is 4.67. The van der Waals surface area contributed by atoms with E-state index in [1.54, 1.807) is 0 Å². The SMILES string of the molecule is CC1CCN(C(=O)C2(C(N)=S)CC(C)C2)C(C)C1. The van der Waals surface area contributed by atoms with E-state index < -0.39 is 5.41 Å². The average Bonchev–Trinajstić information content (AvgIpc) is 2.23. The van der Waals surface area contributed by atoms with Gasteiger partial charge < -0.3 is 10.6 Å². The molecule has 1 amide bonds. The lowest BCUT2D eigenvalue weighted by Gasteiger charge is -2.49. The summed E-state index contributed by atoms with van der Waals surface area (Å²) >= 11 is 5.17. The smallest absolute Gasteiger partial charge is 0.235 e. The molecule has 2 atom stereocenters. The minimum Gasteiger partial charge on any atom is -0.392 e. The van der Waals surface area contributed by atoms with Gasteiger partial charge in [0.25, 0.3) is 0 Å². The van der Waals surface area contributed by atoms with Gasteiger partial charge in [-0.25, -0.2) is 0 Å². The summed E-state index contributed by atoms with van der Waals surface area (Å²) in [6.45, 7) is 7.42. The van der Waals surface area contributed by atoms with Crippen molar-refractivity contribution in [2.24, 2.45) is 23.0 Å². The number of likely N-dealkylation sites (tertiary alicyclic amines) is 1. The van der Waals surface area contributed by atoms with Crippen LogP contribution in [0.5, 0.6) is 0 Å². The van der Waals surface area contributed by atoms with E-state index in [-0.39, 0.29) is 5.91 Å². The molecule has 2 unspecified atom stereocenters. The molecule has 2 N–H and O–H groups in total. The van der Waals surface area contributed by atoms with Crippen molar-refractivity contribution < 1.29 is 4.79 Å². The zero-order valence-electron chi connectivity index (χ0n) is 11.6. The third kappa shape index (κ3) is 2.15. The third-order valence-corrected chi connectivity index (χ3v) is 5.06. The van der Waals surface area contributed by atoms with Crippen LogP contribution in [0.4, 0.5) is 0 Å². The highest BCUT2D eigenvalue weighted by Gasteiger charge is 2.53.